The van der Waals surface area contributed by atoms with Crippen LogP contribution in [0.1, 0.15) is 39.7 Å². The van der Waals surface area contributed by atoms with E-state index >= 15 is 0 Å². The Morgan fingerprint density at radius 1 is 1.29 bits per heavy atom. The molecule has 4 heterocycles. The summed E-state index contributed by atoms with van der Waals surface area (Å²) >= 11 is 1.83. The number of primary amides is 1. The summed E-state index contributed by atoms with van der Waals surface area (Å²) in [7, 11) is 0. The number of hydrogen-bond acceptors (Lipinski definition) is 10. The van der Waals surface area contributed by atoms with Crippen LogP contribution in [0.15, 0.2) is 29.4 Å². The normalized spacial score (nSPS) is 15.6. The van der Waals surface area contributed by atoms with Gasteiger partial charge in [0.25, 0.3) is 0 Å². The maximum absolute atomic E-state index is 13.8. The number of carboxylic acid groups (broad SMARTS) is 1. The van der Waals surface area contributed by atoms with Gasteiger partial charge in [-0.2, -0.15) is 13.2 Å². The average molecular weight is 571 g/mol. The highest BCUT2D eigenvalue weighted by Gasteiger charge is 2.37. The molecule has 3 aromatic heterocycles. The minimum Gasteiger partial charge on any atom is -0.477 e. The summed E-state index contributed by atoms with van der Waals surface area (Å²) in [5.41, 5.74) is 10.0. The number of amides is 1. The van der Waals surface area contributed by atoms with E-state index < -0.39 is 35.4 Å². The molecule has 1 amide bonds. The fraction of sp³-hybridized carbons (Fsp3) is 0.391. The molecule has 1 aliphatic heterocycles. The Kier molecular flexibility index (Phi) is 8.30. The third-order valence-electron chi connectivity index (χ3n) is 6.11. The maximum Gasteiger partial charge on any atom is 0.417 e. The predicted octanol–water partition coefficient (Wildman–Crippen LogP) is 2.86. The number of carboxylic acids is 1. The van der Waals surface area contributed by atoms with Crippen LogP contribution in [0.2, 0.25) is 0 Å². The van der Waals surface area contributed by atoms with Gasteiger partial charge in [0.1, 0.15) is 15.5 Å². The van der Waals surface area contributed by atoms with Gasteiger partial charge in [-0.15, -0.1) is 11.3 Å². The lowest BCUT2D eigenvalue weighted by Gasteiger charge is -2.34. The van der Waals surface area contributed by atoms with Crippen LogP contribution in [0.4, 0.5) is 24.7 Å². The van der Waals surface area contributed by atoms with Crippen molar-refractivity contribution in [1.29, 1.82) is 0 Å². The number of aromatic nitrogens is 2. The van der Waals surface area contributed by atoms with Gasteiger partial charge >= 0.3 is 12.1 Å². The summed E-state index contributed by atoms with van der Waals surface area (Å²) < 4.78 is 41.5. The van der Waals surface area contributed by atoms with Crippen LogP contribution in [0.5, 0.6) is 0 Å². The highest BCUT2D eigenvalue weighted by molar-refractivity contribution is 7.99. The van der Waals surface area contributed by atoms with Gasteiger partial charge in [0.15, 0.2) is 0 Å². The predicted molar refractivity (Wildman–Crippen MR) is 138 cm³/mol. The topological polar surface area (TPSA) is 168 Å². The van der Waals surface area contributed by atoms with Gasteiger partial charge in [0.2, 0.25) is 5.91 Å². The third-order valence-corrected chi connectivity index (χ3v) is 8.16. The molecular weight excluding hydrogens is 545 g/mol. The number of alkyl halides is 3. The molecule has 0 radical (unpaired) electrons. The minimum atomic E-state index is -4.73. The number of anilines is 2. The minimum absolute atomic E-state index is 0.0288. The molecule has 7 N–H and O–H groups in total. The lowest BCUT2D eigenvalue weighted by atomic mass is 10.0. The highest BCUT2D eigenvalue weighted by atomic mass is 32.2. The zero-order valence-corrected chi connectivity index (χ0v) is 21.5. The first kappa shape index (κ1) is 27.9. The van der Waals surface area contributed by atoms with E-state index in [2.05, 4.69) is 15.3 Å². The number of nitrogens with zero attached hydrogens (tertiary/aromatic N) is 3. The van der Waals surface area contributed by atoms with E-state index in [0.717, 1.165) is 6.07 Å². The molecule has 204 valence electrons. The Morgan fingerprint density at radius 2 is 2.00 bits per heavy atom. The van der Waals surface area contributed by atoms with E-state index in [1.54, 1.807) is 17.0 Å². The molecule has 0 spiro atoms. The Bertz CT molecular complexity index is 1330. The molecule has 1 atom stereocenters. The molecular formula is C23H25F3N6O4S2. The molecule has 0 saturated carbocycles. The van der Waals surface area contributed by atoms with Crippen molar-refractivity contribution in [2.75, 3.05) is 36.0 Å². The van der Waals surface area contributed by atoms with Gasteiger partial charge in [0, 0.05) is 42.8 Å². The van der Waals surface area contributed by atoms with Crippen LogP contribution in [0.3, 0.4) is 0 Å². The lowest BCUT2D eigenvalue weighted by Crippen LogP contribution is -2.44. The number of carbonyl (C=O) groups is 2. The number of nitrogen functional groups attached to an aromatic ring is 1. The number of aromatic carboxylic acids is 1. The molecule has 0 aromatic carbocycles. The number of fused-ring (bicyclic) bond motifs is 1. The number of carbonyl (C=O) groups excluding carboxylic acids is 1. The van der Waals surface area contributed by atoms with E-state index in [1.807, 2.05) is 0 Å². The maximum atomic E-state index is 13.8. The van der Waals surface area contributed by atoms with Crippen LogP contribution in [0, 0.1) is 0 Å². The SMILES string of the molecule is NC(=O)CSc1ccc(C(O)CNC2CCN(c3cc(C(F)(F)F)c4c(N)c(C(=O)O)sc4n3)CC2)cn1. The number of rotatable bonds is 9. The Balaban J connectivity index is 1.38. The number of piperidine rings is 1. The summed E-state index contributed by atoms with van der Waals surface area (Å²) in [5, 5.41) is 23.3. The summed E-state index contributed by atoms with van der Waals surface area (Å²) in [6.07, 6.45) is -2.82. The van der Waals surface area contributed by atoms with E-state index in [9.17, 15) is 33.0 Å². The molecule has 1 unspecified atom stereocenters. The van der Waals surface area contributed by atoms with Crippen molar-refractivity contribution in [1.82, 2.24) is 15.3 Å². The van der Waals surface area contributed by atoms with Gasteiger partial charge in [-0.05, 0) is 25.0 Å². The fourth-order valence-corrected chi connectivity index (χ4v) is 5.72. The Hall–Kier alpha value is -3.14. The number of thioether (sulfide) groups is 1. The van der Waals surface area contributed by atoms with Crippen LogP contribution in [0.25, 0.3) is 10.2 Å². The zero-order chi connectivity index (χ0) is 27.6. The standard InChI is InChI=1S/C23H25F3N6O4S2/c24-23(25,26)13-7-16(31-21-18(13)19(28)20(38-21)22(35)36)32-5-3-12(4-6-32)29-9-14(33)11-1-2-17(30-8-11)37-10-15(27)34/h1-2,7-8,12,14,29,33H,3-6,9-10,28H2,(H2,27,34)(H,35,36). The van der Waals surface area contributed by atoms with Gasteiger partial charge in [-0.1, -0.05) is 17.8 Å². The molecule has 1 aliphatic rings. The molecule has 38 heavy (non-hydrogen) atoms. The first-order valence-electron chi connectivity index (χ1n) is 11.5. The van der Waals surface area contributed by atoms with Crippen molar-refractivity contribution in [3.8, 4) is 0 Å². The molecule has 4 rings (SSSR count). The highest BCUT2D eigenvalue weighted by Crippen LogP contribution is 2.43. The number of pyridine rings is 2. The van der Waals surface area contributed by atoms with Crippen LogP contribution < -0.4 is 21.7 Å². The number of aliphatic hydroxyl groups is 1. The molecule has 0 aliphatic carbocycles. The van der Waals surface area contributed by atoms with E-state index in [-0.39, 0.29) is 39.3 Å². The first-order valence-corrected chi connectivity index (χ1v) is 13.3. The average Bonchev–Trinajstić information content (AvgIpc) is 3.22. The van der Waals surface area contributed by atoms with Crippen LogP contribution >= 0.6 is 23.1 Å². The lowest BCUT2D eigenvalue weighted by molar-refractivity contribution is -0.136. The quantitative estimate of drug-likeness (QED) is 0.241. The number of nitrogens with one attached hydrogen (secondary N) is 1. The zero-order valence-electron chi connectivity index (χ0n) is 19.9. The largest absolute Gasteiger partial charge is 0.477 e. The van der Waals surface area contributed by atoms with E-state index in [0.29, 0.717) is 47.9 Å². The van der Waals surface area contributed by atoms with Crippen LogP contribution in [-0.2, 0) is 11.0 Å². The van der Waals surface area contributed by atoms with Crippen molar-refractivity contribution in [3.05, 3.63) is 40.4 Å². The molecule has 15 heteroatoms. The molecule has 3 aromatic rings. The second-order valence-electron chi connectivity index (χ2n) is 8.73. The van der Waals surface area contributed by atoms with Gasteiger partial charge in [0.05, 0.1) is 28.1 Å². The van der Waals surface area contributed by atoms with E-state index in [4.69, 9.17) is 11.5 Å². The van der Waals surface area contributed by atoms with Crippen molar-refractivity contribution in [3.63, 3.8) is 0 Å². The van der Waals surface area contributed by atoms with Gasteiger partial charge in [-0.3, -0.25) is 4.79 Å². The van der Waals surface area contributed by atoms with Gasteiger partial charge < -0.3 is 31.9 Å². The monoisotopic (exact) mass is 570 g/mol. The number of halogens is 3. The third kappa shape index (κ3) is 6.28. The smallest absolute Gasteiger partial charge is 0.417 e. The number of hydrogen-bond donors (Lipinski definition) is 5. The second kappa shape index (κ2) is 11.3. The molecule has 0 bridgehead atoms. The van der Waals surface area contributed by atoms with Crippen LogP contribution in [-0.4, -0.2) is 63.5 Å². The molecule has 1 fully saturated rings. The Labute approximate surface area is 223 Å². The summed E-state index contributed by atoms with van der Waals surface area (Å²) in [6, 6.07) is 4.37. The van der Waals surface area contributed by atoms with Gasteiger partial charge in [-0.25, -0.2) is 14.8 Å². The second-order valence-corrected chi connectivity index (χ2v) is 10.7. The summed E-state index contributed by atoms with van der Waals surface area (Å²) in [6.45, 7) is 1.10. The van der Waals surface area contributed by atoms with Crippen molar-refractivity contribution < 1.29 is 33.0 Å². The summed E-state index contributed by atoms with van der Waals surface area (Å²) in [4.78, 5) is 32.1. The number of aliphatic hydroxyl groups excluding tert-OH is 1. The molecule has 1 saturated heterocycles. The number of thiophene rings is 1. The number of nitrogens with two attached hydrogens (primary N) is 2. The van der Waals surface area contributed by atoms with Crippen molar-refractivity contribution in [2.45, 2.75) is 36.2 Å². The van der Waals surface area contributed by atoms with Crippen molar-refractivity contribution in [2.24, 2.45) is 5.73 Å². The Morgan fingerprint density at radius 3 is 2.58 bits per heavy atom. The van der Waals surface area contributed by atoms with E-state index in [1.165, 1.54) is 18.0 Å². The first-order chi connectivity index (χ1) is 17.9. The van der Waals surface area contributed by atoms with Crippen molar-refractivity contribution >= 4 is 56.7 Å². The summed E-state index contributed by atoms with van der Waals surface area (Å²) in [5.74, 6) is -1.62. The fourth-order valence-electron chi connectivity index (χ4n) is 4.18. The molecule has 10 nitrogen and oxygen atoms in total.